The molecule has 0 radical (unpaired) electrons. The van der Waals surface area contributed by atoms with Crippen LogP contribution in [0.15, 0.2) is 46.7 Å². The fourth-order valence-electron chi connectivity index (χ4n) is 3.75. The molecule has 0 saturated carbocycles. The Morgan fingerprint density at radius 3 is 2.54 bits per heavy atom. The van der Waals surface area contributed by atoms with E-state index >= 15 is 0 Å². The Balaban J connectivity index is 2.53. The molecule has 158 valence electrons. The maximum atomic E-state index is 3.67. The lowest BCUT2D eigenvalue weighted by molar-refractivity contribution is 0.189. The highest BCUT2D eigenvalue weighted by atomic mass is 15.3. The SMILES string of the molecule is CCCNC1=CC(C)N(C)/C(=C(\C2=CN(C)C(N(C)C)C=C2C)C(C)NC)N1. The Morgan fingerprint density at radius 1 is 1.29 bits per heavy atom. The minimum atomic E-state index is 0.210. The number of nitrogens with zero attached hydrogens (tertiary/aromatic N) is 3. The molecule has 0 spiro atoms. The first kappa shape index (κ1) is 22.4. The fourth-order valence-corrected chi connectivity index (χ4v) is 3.75. The highest BCUT2D eigenvalue weighted by Gasteiger charge is 2.29. The molecule has 6 nitrogen and oxygen atoms in total. The van der Waals surface area contributed by atoms with Crippen LogP contribution in [0.2, 0.25) is 0 Å². The molecule has 0 saturated heterocycles. The molecular weight excluding hydrogens is 348 g/mol. The molecular formula is C22H40N6. The normalized spacial score (nSPS) is 25.7. The van der Waals surface area contributed by atoms with Gasteiger partial charge < -0.3 is 25.8 Å². The molecule has 2 heterocycles. The molecule has 0 bridgehead atoms. The first-order valence-corrected chi connectivity index (χ1v) is 10.4. The number of likely N-dealkylation sites (N-methyl/N-ethyl adjacent to an activating group) is 4. The molecule has 2 rings (SSSR count). The second kappa shape index (κ2) is 9.52. The van der Waals surface area contributed by atoms with Crippen LogP contribution >= 0.6 is 0 Å². The van der Waals surface area contributed by atoms with E-state index in [1.807, 2.05) is 7.05 Å². The van der Waals surface area contributed by atoms with Crippen LogP contribution in [-0.4, -0.2) is 74.7 Å². The predicted molar refractivity (Wildman–Crippen MR) is 119 cm³/mol. The number of rotatable bonds is 7. The molecule has 6 heteroatoms. The molecule has 2 aliphatic rings. The first-order valence-electron chi connectivity index (χ1n) is 10.4. The van der Waals surface area contributed by atoms with E-state index in [4.69, 9.17) is 0 Å². The van der Waals surface area contributed by atoms with Gasteiger partial charge >= 0.3 is 0 Å². The van der Waals surface area contributed by atoms with Crippen molar-refractivity contribution in [3.05, 3.63) is 46.7 Å². The zero-order valence-electron chi connectivity index (χ0n) is 19.2. The summed E-state index contributed by atoms with van der Waals surface area (Å²) in [5.74, 6) is 2.26. The van der Waals surface area contributed by atoms with E-state index in [-0.39, 0.29) is 12.2 Å². The monoisotopic (exact) mass is 388 g/mol. The van der Waals surface area contributed by atoms with Crippen LogP contribution in [0, 0.1) is 0 Å². The average Bonchev–Trinajstić information content (AvgIpc) is 2.65. The van der Waals surface area contributed by atoms with E-state index in [1.54, 1.807) is 0 Å². The summed E-state index contributed by atoms with van der Waals surface area (Å²) in [7, 11) is 10.6. The molecule has 0 aliphatic carbocycles. The summed E-state index contributed by atoms with van der Waals surface area (Å²) in [6, 6.07) is 0.525. The Hall–Kier alpha value is -1.92. The van der Waals surface area contributed by atoms with Crippen molar-refractivity contribution in [1.29, 1.82) is 0 Å². The number of nitrogens with one attached hydrogen (secondary N) is 3. The third kappa shape index (κ3) is 4.73. The van der Waals surface area contributed by atoms with Gasteiger partial charge in [0.25, 0.3) is 0 Å². The van der Waals surface area contributed by atoms with Gasteiger partial charge in [0.15, 0.2) is 0 Å². The minimum Gasteiger partial charge on any atom is -0.372 e. The maximum absolute atomic E-state index is 3.67. The van der Waals surface area contributed by atoms with Gasteiger partial charge in [0.2, 0.25) is 0 Å². The summed E-state index contributed by atoms with van der Waals surface area (Å²) < 4.78 is 0. The van der Waals surface area contributed by atoms with Crippen LogP contribution in [0.4, 0.5) is 0 Å². The van der Waals surface area contributed by atoms with Crippen LogP contribution in [0.1, 0.15) is 34.1 Å². The highest BCUT2D eigenvalue weighted by Crippen LogP contribution is 2.32. The van der Waals surface area contributed by atoms with Crippen LogP contribution < -0.4 is 16.0 Å². The van der Waals surface area contributed by atoms with Crippen LogP contribution in [0.3, 0.4) is 0 Å². The molecule has 3 atom stereocenters. The molecule has 0 fully saturated rings. The van der Waals surface area contributed by atoms with Gasteiger partial charge in [0.1, 0.15) is 17.8 Å². The Labute approximate surface area is 172 Å². The second-order valence-electron chi connectivity index (χ2n) is 8.19. The predicted octanol–water partition coefficient (Wildman–Crippen LogP) is 2.23. The highest BCUT2D eigenvalue weighted by molar-refractivity contribution is 5.52. The van der Waals surface area contributed by atoms with E-state index in [9.17, 15) is 0 Å². The summed E-state index contributed by atoms with van der Waals surface area (Å²) in [5.41, 5.74) is 3.88. The van der Waals surface area contributed by atoms with Crippen molar-refractivity contribution < 1.29 is 0 Å². The molecule has 0 aromatic carbocycles. The molecule has 28 heavy (non-hydrogen) atoms. The maximum Gasteiger partial charge on any atom is 0.113 e. The van der Waals surface area contributed by atoms with Gasteiger partial charge in [-0.3, -0.25) is 4.90 Å². The molecule has 0 aromatic rings. The van der Waals surface area contributed by atoms with E-state index in [2.05, 4.69) is 105 Å². The zero-order valence-corrected chi connectivity index (χ0v) is 19.2. The van der Waals surface area contributed by atoms with Gasteiger partial charge in [-0.05, 0) is 66.1 Å². The lowest BCUT2D eigenvalue weighted by Crippen LogP contribution is -2.46. The standard InChI is InChI=1S/C22H40N6/c1-10-11-24-19-13-16(3)28(9)22(25-19)21(17(4)23-5)18-14-27(8)20(26(6)7)12-15(18)2/h12-14,16-17,20,23-25H,10-11H2,1-9H3/b22-21-. The summed E-state index contributed by atoms with van der Waals surface area (Å²) in [6.07, 6.45) is 8.26. The van der Waals surface area contributed by atoms with Crippen LogP contribution in [0.5, 0.6) is 0 Å². The number of hydrogen-bond donors (Lipinski definition) is 3. The van der Waals surface area contributed by atoms with Crippen molar-refractivity contribution in [3.8, 4) is 0 Å². The lowest BCUT2D eigenvalue weighted by Gasteiger charge is -2.40. The number of hydrogen-bond acceptors (Lipinski definition) is 6. The van der Waals surface area contributed by atoms with Gasteiger partial charge in [0, 0.05) is 50.1 Å². The van der Waals surface area contributed by atoms with Gasteiger partial charge in [-0.25, -0.2) is 0 Å². The summed E-state index contributed by atoms with van der Waals surface area (Å²) in [5, 5.41) is 10.7. The van der Waals surface area contributed by atoms with Crippen LogP contribution in [-0.2, 0) is 0 Å². The third-order valence-electron chi connectivity index (χ3n) is 5.70. The minimum absolute atomic E-state index is 0.210. The molecule has 2 aliphatic heterocycles. The summed E-state index contributed by atoms with van der Waals surface area (Å²) in [6.45, 7) is 9.84. The van der Waals surface area contributed by atoms with Crippen molar-refractivity contribution in [1.82, 2.24) is 30.7 Å². The van der Waals surface area contributed by atoms with Crippen molar-refractivity contribution in [2.45, 2.75) is 52.4 Å². The smallest absolute Gasteiger partial charge is 0.113 e. The Kier molecular flexibility index (Phi) is 7.61. The molecule has 3 N–H and O–H groups in total. The van der Waals surface area contributed by atoms with Crippen molar-refractivity contribution >= 4 is 0 Å². The average molecular weight is 389 g/mol. The lowest BCUT2D eigenvalue weighted by atomic mass is 9.91. The van der Waals surface area contributed by atoms with Crippen molar-refractivity contribution in [2.24, 2.45) is 0 Å². The largest absolute Gasteiger partial charge is 0.372 e. The van der Waals surface area contributed by atoms with Crippen molar-refractivity contribution in [2.75, 3.05) is 41.8 Å². The van der Waals surface area contributed by atoms with Gasteiger partial charge in [-0.2, -0.15) is 0 Å². The van der Waals surface area contributed by atoms with E-state index < -0.39 is 0 Å². The Bertz CT molecular complexity index is 673. The van der Waals surface area contributed by atoms with Gasteiger partial charge in [-0.1, -0.05) is 6.92 Å². The molecule has 0 amide bonds. The van der Waals surface area contributed by atoms with E-state index in [0.29, 0.717) is 6.04 Å². The zero-order chi connectivity index (χ0) is 21.0. The summed E-state index contributed by atoms with van der Waals surface area (Å²) >= 11 is 0. The molecule has 3 unspecified atom stereocenters. The van der Waals surface area contributed by atoms with Crippen LogP contribution in [0.25, 0.3) is 0 Å². The van der Waals surface area contributed by atoms with Gasteiger partial charge in [0.05, 0.1) is 0 Å². The quantitative estimate of drug-likeness (QED) is 0.622. The molecule has 0 aromatic heterocycles. The van der Waals surface area contributed by atoms with Gasteiger partial charge in [-0.15, -0.1) is 0 Å². The third-order valence-corrected chi connectivity index (χ3v) is 5.70. The second-order valence-corrected chi connectivity index (χ2v) is 8.19. The summed E-state index contributed by atoms with van der Waals surface area (Å²) in [4.78, 5) is 6.84. The van der Waals surface area contributed by atoms with E-state index in [0.717, 1.165) is 24.6 Å². The first-order chi connectivity index (χ1) is 13.2. The fraction of sp³-hybridized carbons (Fsp3) is 0.636. The number of allylic oxidation sites excluding steroid dienone is 1. The Morgan fingerprint density at radius 2 is 1.96 bits per heavy atom. The topological polar surface area (TPSA) is 45.8 Å². The van der Waals surface area contributed by atoms with Crippen molar-refractivity contribution in [3.63, 3.8) is 0 Å². The van der Waals surface area contributed by atoms with E-state index in [1.165, 1.54) is 16.7 Å².